The van der Waals surface area contributed by atoms with E-state index >= 15 is 0 Å². The van der Waals surface area contributed by atoms with Gasteiger partial charge in [0.05, 0.1) is 6.04 Å². The van der Waals surface area contributed by atoms with Crippen LogP contribution in [-0.2, 0) is 4.79 Å². The fourth-order valence-corrected chi connectivity index (χ4v) is 1.58. The highest BCUT2D eigenvalue weighted by atomic mass is 16.1. The molecule has 0 fully saturated rings. The smallest absolute Gasteiger partial charge is 0.234 e. The first-order valence-electron chi connectivity index (χ1n) is 5.77. The SMILES string of the molecule is CCN(CC)CCNC(C(N)=O)C(C)C. The number of likely N-dealkylation sites (N-methyl/N-ethyl adjacent to an activating group) is 1. The summed E-state index contributed by atoms with van der Waals surface area (Å²) in [7, 11) is 0. The van der Waals surface area contributed by atoms with Crippen LogP contribution in [0, 0.1) is 5.92 Å². The summed E-state index contributed by atoms with van der Waals surface area (Å²) in [5, 5.41) is 3.20. The van der Waals surface area contributed by atoms with E-state index in [1.54, 1.807) is 0 Å². The van der Waals surface area contributed by atoms with Crippen molar-refractivity contribution in [3.05, 3.63) is 0 Å². The lowest BCUT2D eigenvalue weighted by atomic mass is 10.0. The molecule has 0 aromatic rings. The van der Waals surface area contributed by atoms with E-state index in [9.17, 15) is 4.79 Å². The van der Waals surface area contributed by atoms with Crippen LogP contribution in [0.5, 0.6) is 0 Å². The van der Waals surface area contributed by atoms with Crippen LogP contribution >= 0.6 is 0 Å². The lowest BCUT2D eigenvalue weighted by Gasteiger charge is -2.22. The molecular weight excluding hydrogens is 190 g/mol. The summed E-state index contributed by atoms with van der Waals surface area (Å²) in [6, 6.07) is -0.208. The van der Waals surface area contributed by atoms with Gasteiger partial charge in [-0.2, -0.15) is 0 Å². The summed E-state index contributed by atoms with van der Waals surface area (Å²) in [5.74, 6) is -0.0104. The summed E-state index contributed by atoms with van der Waals surface area (Å²) < 4.78 is 0. The molecule has 0 heterocycles. The third-order valence-electron chi connectivity index (χ3n) is 2.66. The van der Waals surface area contributed by atoms with Gasteiger partial charge in [0.15, 0.2) is 0 Å². The molecule has 1 unspecified atom stereocenters. The Morgan fingerprint density at radius 1 is 1.33 bits per heavy atom. The molecule has 0 spiro atoms. The Hall–Kier alpha value is -0.610. The summed E-state index contributed by atoms with van der Waals surface area (Å²) in [6.07, 6.45) is 0. The van der Waals surface area contributed by atoms with E-state index in [0.717, 1.165) is 26.2 Å². The molecule has 1 amide bonds. The van der Waals surface area contributed by atoms with Crippen LogP contribution in [0.2, 0.25) is 0 Å². The van der Waals surface area contributed by atoms with Crippen molar-refractivity contribution in [3.63, 3.8) is 0 Å². The highest BCUT2D eigenvalue weighted by Crippen LogP contribution is 2.00. The van der Waals surface area contributed by atoms with Crippen molar-refractivity contribution in [2.45, 2.75) is 33.7 Å². The molecule has 0 saturated carbocycles. The Kier molecular flexibility index (Phi) is 7.34. The van der Waals surface area contributed by atoms with Crippen molar-refractivity contribution < 1.29 is 4.79 Å². The second-order valence-electron chi connectivity index (χ2n) is 4.11. The van der Waals surface area contributed by atoms with E-state index in [0.29, 0.717) is 0 Å². The normalized spacial score (nSPS) is 13.5. The molecule has 0 aliphatic carbocycles. The van der Waals surface area contributed by atoms with Gasteiger partial charge in [-0.1, -0.05) is 27.7 Å². The largest absolute Gasteiger partial charge is 0.368 e. The molecule has 0 aliphatic rings. The quantitative estimate of drug-likeness (QED) is 0.617. The summed E-state index contributed by atoms with van der Waals surface area (Å²) >= 11 is 0. The fraction of sp³-hybridized carbons (Fsp3) is 0.909. The van der Waals surface area contributed by atoms with Crippen LogP contribution in [0.15, 0.2) is 0 Å². The molecule has 1 atom stereocenters. The summed E-state index contributed by atoms with van der Waals surface area (Å²) in [6.45, 7) is 12.1. The minimum Gasteiger partial charge on any atom is -0.368 e. The Morgan fingerprint density at radius 2 is 1.87 bits per heavy atom. The Labute approximate surface area is 93.2 Å². The minimum absolute atomic E-state index is 0.208. The zero-order chi connectivity index (χ0) is 11.8. The molecule has 0 radical (unpaired) electrons. The van der Waals surface area contributed by atoms with Crippen molar-refractivity contribution in [1.82, 2.24) is 10.2 Å². The number of hydrogen-bond donors (Lipinski definition) is 2. The predicted octanol–water partition coefficient (Wildman–Crippen LogP) is 0.428. The van der Waals surface area contributed by atoms with Gasteiger partial charge in [-0.05, 0) is 19.0 Å². The van der Waals surface area contributed by atoms with Crippen LogP contribution in [0.25, 0.3) is 0 Å². The standard InChI is InChI=1S/C11H25N3O/c1-5-14(6-2)8-7-13-10(9(3)4)11(12)15/h9-10,13H,5-8H2,1-4H3,(H2,12,15). The first-order valence-corrected chi connectivity index (χ1v) is 5.77. The average molecular weight is 215 g/mol. The van der Waals surface area contributed by atoms with Crippen molar-refractivity contribution in [3.8, 4) is 0 Å². The molecule has 4 heteroatoms. The maximum Gasteiger partial charge on any atom is 0.234 e. The van der Waals surface area contributed by atoms with E-state index in [-0.39, 0.29) is 17.9 Å². The summed E-state index contributed by atoms with van der Waals surface area (Å²) in [4.78, 5) is 13.4. The fourth-order valence-electron chi connectivity index (χ4n) is 1.58. The van der Waals surface area contributed by atoms with E-state index in [1.807, 2.05) is 13.8 Å². The van der Waals surface area contributed by atoms with E-state index in [4.69, 9.17) is 5.73 Å². The number of nitrogens with zero attached hydrogens (tertiary/aromatic N) is 1. The zero-order valence-electron chi connectivity index (χ0n) is 10.4. The third kappa shape index (κ3) is 5.74. The highest BCUT2D eigenvalue weighted by molar-refractivity contribution is 5.80. The van der Waals surface area contributed by atoms with Gasteiger partial charge in [0.2, 0.25) is 5.91 Å². The van der Waals surface area contributed by atoms with E-state index in [2.05, 4.69) is 24.1 Å². The topological polar surface area (TPSA) is 58.4 Å². The predicted molar refractivity (Wildman–Crippen MR) is 63.6 cm³/mol. The average Bonchev–Trinajstić information content (AvgIpc) is 2.17. The van der Waals surface area contributed by atoms with Crippen molar-refractivity contribution in [1.29, 1.82) is 0 Å². The Balaban J connectivity index is 3.85. The minimum atomic E-state index is -0.260. The van der Waals surface area contributed by atoms with Gasteiger partial charge in [0.25, 0.3) is 0 Å². The lowest BCUT2D eigenvalue weighted by molar-refractivity contribution is -0.121. The number of rotatable bonds is 8. The van der Waals surface area contributed by atoms with Gasteiger partial charge >= 0.3 is 0 Å². The maximum atomic E-state index is 11.1. The monoisotopic (exact) mass is 215 g/mol. The first-order chi connectivity index (χ1) is 7.02. The summed E-state index contributed by atoms with van der Waals surface area (Å²) in [5.41, 5.74) is 5.30. The van der Waals surface area contributed by atoms with Crippen LogP contribution < -0.4 is 11.1 Å². The number of hydrogen-bond acceptors (Lipinski definition) is 3. The molecule has 4 nitrogen and oxygen atoms in total. The number of carbonyl (C=O) groups excluding carboxylic acids is 1. The number of nitrogens with one attached hydrogen (secondary N) is 1. The molecular formula is C11H25N3O. The van der Waals surface area contributed by atoms with Gasteiger partial charge in [-0.25, -0.2) is 0 Å². The number of amides is 1. The highest BCUT2D eigenvalue weighted by Gasteiger charge is 2.18. The van der Waals surface area contributed by atoms with Crippen LogP contribution in [0.4, 0.5) is 0 Å². The number of primary amides is 1. The van der Waals surface area contributed by atoms with Crippen LogP contribution in [-0.4, -0.2) is 43.0 Å². The van der Waals surface area contributed by atoms with Crippen molar-refractivity contribution in [2.24, 2.45) is 11.7 Å². The third-order valence-corrected chi connectivity index (χ3v) is 2.66. The molecule has 0 saturated heterocycles. The van der Waals surface area contributed by atoms with Gasteiger partial charge in [-0.3, -0.25) is 4.79 Å². The van der Waals surface area contributed by atoms with Crippen LogP contribution in [0.3, 0.4) is 0 Å². The maximum absolute atomic E-state index is 11.1. The number of nitrogens with two attached hydrogens (primary N) is 1. The van der Waals surface area contributed by atoms with Gasteiger partial charge in [0, 0.05) is 13.1 Å². The molecule has 0 aliphatic heterocycles. The zero-order valence-corrected chi connectivity index (χ0v) is 10.4. The van der Waals surface area contributed by atoms with Crippen LogP contribution in [0.1, 0.15) is 27.7 Å². The molecule has 15 heavy (non-hydrogen) atoms. The van der Waals surface area contributed by atoms with E-state index < -0.39 is 0 Å². The van der Waals surface area contributed by atoms with Gasteiger partial charge < -0.3 is 16.0 Å². The Bertz CT molecular complexity index is 179. The van der Waals surface area contributed by atoms with Crippen molar-refractivity contribution >= 4 is 5.91 Å². The second kappa shape index (κ2) is 7.65. The second-order valence-corrected chi connectivity index (χ2v) is 4.11. The molecule has 0 bridgehead atoms. The molecule has 90 valence electrons. The van der Waals surface area contributed by atoms with Gasteiger partial charge in [0.1, 0.15) is 0 Å². The molecule has 0 aromatic heterocycles. The van der Waals surface area contributed by atoms with Crippen molar-refractivity contribution in [2.75, 3.05) is 26.2 Å². The van der Waals surface area contributed by atoms with Gasteiger partial charge in [-0.15, -0.1) is 0 Å². The molecule has 3 N–H and O–H groups in total. The lowest BCUT2D eigenvalue weighted by Crippen LogP contribution is -2.47. The molecule has 0 aromatic carbocycles. The first kappa shape index (κ1) is 14.4. The molecule has 0 rings (SSSR count). The Morgan fingerprint density at radius 3 is 2.20 bits per heavy atom. The van der Waals surface area contributed by atoms with E-state index in [1.165, 1.54) is 0 Å². The number of carbonyl (C=O) groups is 1.